The number of hydrogen-bond donors (Lipinski definition) is 0. The van der Waals surface area contributed by atoms with E-state index in [9.17, 15) is 9.18 Å². The zero-order chi connectivity index (χ0) is 10.8. The van der Waals surface area contributed by atoms with Crippen molar-refractivity contribution in [3.8, 4) is 0 Å². The molecule has 0 aliphatic carbocycles. The van der Waals surface area contributed by atoms with E-state index in [0.717, 1.165) is 38.9 Å². The molecule has 0 spiro atoms. The van der Waals surface area contributed by atoms with Gasteiger partial charge in [0.1, 0.15) is 0 Å². The number of rotatable bonds is 2. The zero-order valence-corrected chi connectivity index (χ0v) is 9.29. The molecule has 0 bridgehead atoms. The lowest BCUT2D eigenvalue weighted by atomic mass is 9.97. The SMILES string of the molecule is CN1CCC(N2CCC(CF)CC2)C1=O. The van der Waals surface area contributed by atoms with Gasteiger partial charge in [0.25, 0.3) is 0 Å². The third-order valence-electron chi connectivity index (χ3n) is 3.71. The number of hydrogen-bond acceptors (Lipinski definition) is 2. The fraction of sp³-hybridized carbons (Fsp3) is 0.909. The first-order chi connectivity index (χ1) is 7.22. The highest BCUT2D eigenvalue weighted by molar-refractivity contribution is 5.83. The summed E-state index contributed by atoms with van der Waals surface area (Å²) in [6.07, 6.45) is 2.75. The van der Waals surface area contributed by atoms with Crippen LogP contribution in [0.5, 0.6) is 0 Å². The molecule has 3 nitrogen and oxygen atoms in total. The minimum atomic E-state index is -0.202. The van der Waals surface area contributed by atoms with Crippen molar-refractivity contribution in [2.24, 2.45) is 5.92 Å². The molecule has 2 aliphatic heterocycles. The van der Waals surface area contributed by atoms with Crippen LogP contribution in [-0.4, -0.2) is 55.1 Å². The van der Waals surface area contributed by atoms with E-state index in [4.69, 9.17) is 0 Å². The molecular weight excluding hydrogens is 195 g/mol. The number of likely N-dealkylation sites (tertiary alicyclic amines) is 2. The van der Waals surface area contributed by atoms with Crippen molar-refractivity contribution in [2.45, 2.75) is 25.3 Å². The second-order valence-electron chi connectivity index (χ2n) is 4.70. The first-order valence-electron chi connectivity index (χ1n) is 5.77. The average Bonchev–Trinajstić information content (AvgIpc) is 2.60. The molecule has 2 rings (SSSR count). The molecule has 15 heavy (non-hydrogen) atoms. The van der Waals surface area contributed by atoms with Gasteiger partial charge in [0, 0.05) is 13.6 Å². The van der Waals surface area contributed by atoms with Gasteiger partial charge in [-0.2, -0.15) is 0 Å². The van der Waals surface area contributed by atoms with E-state index in [0.29, 0.717) is 0 Å². The Kier molecular flexibility index (Phi) is 3.24. The van der Waals surface area contributed by atoms with Gasteiger partial charge in [-0.1, -0.05) is 0 Å². The summed E-state index contributed by atoms with van der Waals surface area (Å²) in [5, 5.41) is 0. The van der Waals surface area contributed by atoms with Gasteiger partial charge in [-0.25, -0.2) is 0 Å². The van der Waals surface area contributed by atoms with Gasteiger partial charge in [-0.05, 0) is 38.3 Å². The smallest absolute Gasteiger partial charge is 0.239 e. The Balaban J connectivity index is 1.88. The van der Waals surface area contributed by atoms with Crippen LogP contribution in [0, 0.1) is 5.92 Å². The molecule has 2 fully saturated rings. The second-order valence-corrected chi connectivity index (χ2v) is 4.70. The molecule has 0 radical (unpaired) electrons. The van der Waals surface area contributed by atoms with Gasteiger partial charge < -0.3 is 4.90 Å². The molecule has 0 aromatic carbocycles. The minimum absolute atomic E-state index is 0.0792. The van der Waals surface area contributed by atoms with E-state index in [2.05, 4.69) is 4.90 Å². The molecule has 0 aromatic heterocycles. The quantitative estimate of drug-likeness (QED) is 0.682. The van der Waals surface area contributed by atoms with E-state index in [1.54, 1.807) is 4.90 Å². The molecule has 0 saturated carbocycles. The van der Waals surface area contributed by atoms with E-state index in [-0.39, 0.29) is 24.5 Å². The Hall–Kier alpha value is -0.640. The fourth-order valence-corrected chi connectivity index (χ4v) is 2.56. The molecule has 86 valence electrons. The van der Waals surface area contributed by atoms with Crippen molar-refractivity contribution >= 4 is 5.91 Å². The number of carbonyl (C=O) groups excluding carboxylic acids is 1. The highest BCUT2D eigenvalue weighted by Crippen LogP contribution is 2.23. The van der Waals surface area contributed by atoms with Gasteiger partial charge in [0.2, 0.25) is 5.91 Å². The Morgan fingerprint density at radius 3 is 2.40 bits per heavy atom. The van der Waals surface area contributed by atoms with Crippen molar-refractivity contribution < 1.29 is 9.18 Å². The Morgan fingerprint density at radius 2 is 1.93 bits per heavy atom. The normalized spacial score (nSPS) is 30.1. The number of likely N-dealkylation sites (N-methyl/N-ethyl adjacent to an activating group) is 1. The average molecular weight is 214 g/mol. The van der Waals surface area contributed by atoms with Crippen LogP contribution in [0.2, 0.25) is 0 Å². The van der Waals surface area contributed by atoms with Crippen molar-refractivity contribution in [1.82, 2.24) is 9.80 Å². The van der Waals surface area contributed by atoms with Gasteiger partial charge in [-0.15, -0.1) is 0 Å². The topological polar surface area (TPSA) is 23.6 Å². The number of alkyl halides is 1. The van der Waals surface area contributed by atoms with Crippen molar-refractivity contribution in [3.63, 3.8) is 0 Å². The van der Waals surface area contributed by atoms with Crippen LogP contribution in [0.1, 0.15) is 19.3 Å². The number of nitrogens with zero attached hydrogens (tertiary/aromatic N) is 2. The molecule has 1 amide bonds. The standard InChI is InChI=1S/C11H19FN2O/c1-13-5-4-10(11(13)15)14-6-2-9(8-12)3-7-14/h9-10H,2-8H2,1H3. The predicted molar refractivity (Wildman–Crippen MR) is 56.3 cm³/mol. The summed E-state index contributed by atoms with van der Waals surface area (Å²) in [6.45, 7) is 2.44. The van der Waals surface area contributed by atoms with E-state index in [1.807, 2.05) is 7.05 Å². The minimum Gasteiger partial charge on any atom is -0.344 e. The lowest BCUT2D eigenvalue weighted by Gasteiger charge is -2.34. The van der Waals surface area contributed by atoms with Crippen molar-refractivity contribution in [2.75, 3.05) is 33.4 Å². The predicted octanol–water partition coefficient (Wildman–Crippen LogP) is 0.899. The number of halogens is 1. The maximum Gasteiger partial charge on any atom is 0.239 e. The lowest BCUT2D eigenvalue weighted by Crippen LogP contribution is -2.45. The van der Waals surface area contributed by atoms with Crippen LogP contribution < -0.4 is 0 Å². The summed E-state index contributed by atoms with van der Waals surface area (Å²) in [4.78, 5) is 15.8. The fourth-order valence-electron chi connectivity index (χ4n) is 2.56. The van der Waals surface area contributed by atoms with E-state index >= 15 is 0 Å². The highest BCUT2D eigenvalue weighted by atomic mass is 19.1. The molecule has 0 N–H and O–H groups in total. The van der Waals surface area contributed by atoms with E-state index < -0.39 is 0 Å². The maximum absolute atomic E-state index is 12.4. The van der Waals surface area contributed by atoms with Gasteiger partial charge in [0.05, 0.1) is 12.7 Å². The summed E-state index contributed by atoms with van der Waals surface area (Å²) in [5.41, 5.74) is 0. The summed E-state index contributed by atoms with van der Waals surface area (Å²) >= 11 is 0. The van der Waals surface area contributed by atoms with Crippen LogP contribution in [0.3, 0.4) is 0 Å². The molecular formula is C11H19FN2O. The monoisotopic (exact) mass is 214 g/mol. The third-order valence-corrected chi connectivity index (χ3v) is 3.71. The Labute approximate surface area is 90.2 Å². The van der Waals surface area contributed by atoms with Gasteiger partial charge in [0.15, 0.2) is 0 Å². The highest BCUT2D eigenvalue weighted by Gasteiger charge is 2.35. The van der Waals surface area contributed by atoms with Gasteiger partial charge in [-0.3, -0.25) is 14.1 Å². The molecule has 1 unspecified atom stereocenters. The lowest BCUT2D eigenvalue weighted by molar-refractivity contribution is -0.131. The molecule has 2 saturated heterocycles. The summed E-state index contributed by atoms with van der Waals surface area (Å²) in [5.74, 6) is 0.476. The summed E-state index contributed by atoms with van der Waals surface area (Å²) in [7, 11) is 1.86. The van der Waals surface area contributed by atoms with Crippen LogP contribution in [0.25, 0.3) is 0 Å². The Morgan fingerprint density at radius 1 is 1.27 bits per heavy atom. The summed E-state index contributed by atoms with van der Waals surface area (Å²) < 4.78 is 12.4. The molecule has 2 heterocycles. The van der Waals surface area contributed by atoms with Crippen molar-refractivity contribution in [3.05, 3.63) is 0 Å². The first kappa shape index (κ1) is 10.9. The van der Waals surface area contributed by atoms with Crippen LogP contribution in [-0.2, 0) is 4.79 Å². The first-order valence-corrected chi connectivity index (χ1v) is 5.77. The van der Waals surface area contributed by atoms with Crippen molar-refractivity contribution in [1.29, 1.82) is 0 Å². The second kappa shape index (κ2) is 4.47. The van der Waals surface area contributed by atoms with E-state index in [1.165, 1.54) is 0 Å². The molecule has 4 heteroatoms. The molecule has 2 aliphatic rings. The molecule has 1 atom stereocenters. The molecule has 0 aromatic rings. The zero-order valence-electron chi connectivity index (χ0n) is 9.29. The van der Waals surface area contributed by atoms with Crippen LogP contribution >= 0.6 is 0 Å². The largest absolute Gasteiger partial charge is 0.344 e. The maximum atomic E-state index is 12.4. The number of carbonyl (C=O) groups is 1. The Bertz CT molecular complexity index is 239. The van der Waals surface area contributed by atoms with Crippen LogP contribution in [0.15, 0.2) is 0 Å². The van der Waals surface area contributed by atoms with Gasteiger partial charge >= 0.3 is 0 Å². The van der Waals surface area contributed by atoms with Crippen LogP contribution in [0.4, 0.5) is 4.39 Å². The number of amides is 1. The number of piperidine rings is 1. The summed E-state index contributed by atoms with van der Waals surface area (Å²) in [6, 6.07) is 0.0792. The third kappa shape index (κ3) is 2.14.